The highest BCUT2D eigenvalue weighted by Crippen LogP contribution is 2.43. The van der Waals surface area contributed by atoms with E-state index in [1.807, 2.05) is 74.4 Å². The van der Waals surface area contributed by atoms with E-state index >= 15 is 0 Å². The maximum atomic E-state index is 13.3. The van der Waals surface area contributed by atoms with Gasteiger partial charge in [-0.1, -0.05) is 35.3 Å². The average molecular weight is 510 g/mol. The Kier molecular flexibility index (Phi) is 6.79. The van der Waals surface area contributed by atoms with Crippen LogP contribution in [-0.4, -0.2) is 45.0 Å². The summed E-state index contributed by atoms with van der Waals surface area (Å²) in [5.41, 5.74) is 3.44. The Bertz CT molecular complexity index is 1320. The molecule has 1 unspecified atom stereocenters. The van der Waals surface area contributed by atoms with Gasteiger partial charge in [-0.05, 0) is 60.2 Å². The maximum Gasteiger partial charge on any atom is 0.300 e. The number of carbonyl (C=O) groups excluding carboxylic acids is 2. The molecule has 0 aromatic heterocycles. The first-order valence-corrected chi connectivity index (χ1v) is 11.7. The summed E-state index contributed by atoms with van der Waals surface area (Å²) in [4.78, 5) is 31.9. The molecule has 0 spiro atoms. The lowest BCUT2D eigenvalue weighted by atomic mass is 9.95. The van der Waals surface area contributed by atoms with E-state index in [1.54, 1.807) is 18.2 Å². The Balaban J connectivity index is 1.91. The second-order valence-electron chi connectivity index (χ2n) is 8.69. The van der Waals surface area contributed by atoms with Gasteiger partial charge in [-0.25, -0.2) is 0 Å². The van der Waals surface area contributed by atoms with E-state index in [1.165, 1.54) is 17.0 Å². The van der Waals surface area contributed by atoms with Crippen molar-refractivity contribution in [2.75, 3.05) is 42.9 Å². The number of Topliss-reactive ketones (excluding diaryl/α,β-unsaturated/α-hetero) is 1. The molecule has 8 heteroatoms. The molecular weight excluding hydrogens is 485 g/mol. The summed E-state index contributed by atoms with van der Waals surface area (Å²) < 4.78 is 0. The van der Waals surface area contributed by atoms with Gasteiger partial charge in [-0.3, -0.25) is 14.5 Å². The molecule has 1 aliphatic rings. The molecule has 0 saturated carbocycles. The fraction of sp³-hybridized carbons (Fsp3) is 0.185. The summed E-state index contributed by atoms with van der Waals surface area (Å²) in [5.74, 6) is -1.80. The summed E-state index contributed by atoms with van der Waals surface area (Å²) >= 11 is 12.2. The minimum Gasteiger partial charge on any atom is -0.507 e. The highest BCUT2D eigenvalue weighted by Gasteiger charge is 2.47. The molecule has 6 nitrogen and oxygen atoms in total. The lowest BCUT2D eigenvalue weighted by Gasteiger charge is -2.26. The van der Waals surface area contributed by atoms with Crippen LogP contribution in [0.4, 0.5) is 17.1 Å². The van der Waals surface area contributed by atoms with Gasteiger partial charge < -0.3 is 14.9 Å². The van der Waals surface area contributed by atoms with Gasteiger partial charge in [0, 0.05) is 50.8 Å². The number of carbonyl (C=O) groups is 2. The number of benzene rings is 3. The SMILES string of the molecule is CN(C)c1ccc(C2/C(=C(/O)c3ccc(Cl)c(Cl)c3)C(=O)C(=O)N2c2ccc(N(C)C)cc2)cc1. The predicted octanol–water partition coefficient (Wildman–Crippen LogP) is 5.75. The molecule has 1 amide bonds. The molecule has 4 rings (SSSR count). The third-order valence-corrected chi connectivity index (χ3v) is 6.75. The Morgan fingerprint density at radius 2 is 1.34 bits per heavy atom. The van der Waals surface area contributed by atoms with Gasteiger partial charge in [0.2, 0.25) is 0 Å². The quantitative estimate of drug-likeness (QED) is 0.269. The van der Waals surface area contributed by atoms with E-state index in [0.717, 1.165) is 11.4 Å². The number of aliphatic hydroxyl groups is 1. The van der Waals surface area contributed by atoms with E-state index in [0.29, 0.717) is 21.8 Å². The first-order chi connectivity index (χ1) is 16.6. The third-order valence-electron chi connectivity index (χ3n) is 6.01. The van der Waals surface area contributed by atoms with E-state index in [2.05, 4.69) is 0 Å². The van der Waals surface area contributed by atoms with Crippen LogP contribution >= 0.6 is 23.2 Å². The second-order valence-corrected chi connectivity index (χ2v) is 9.51. The van der Waals surface area contributed by atoms with E-state index in [-0.39, 0.29) is 16.4 Å². The van der Waals surface area contributed by atoms with Crippen molar-refractivity contribution in [1.82, 2.24) is 0 Å². The number of amides is 1. The molecule has 3 aromatic carbocycles. The van der Waals surface area contributed by atoms with Crippen molar-refractivity contribution in [2.45, 2.75) is 6.04 Å². The van der Waals surface area contributed by atoms with Crippen LogP contribution in [0.2, 0.25) is 10.0 Å². The van der Waals surface area contributed by atoms with Gasteiger partial charge in [0.25, 0.3) is 11.7 Å². The van der Waals surface area contributed by atoms with Crippen molar-refractivity contribution in [2.24, 2.45) is 0 Å². The van der Waals surface area contributed by atoms with Gasteiger partial charge in [-0.15, -0.1) is 0 Å². The molecule has 180 valence electrons. The molecule has 1 N–H and O–H groups in total. The summed E-state index contributed by atoms with van der Waals surface area (Å²) in [6.07, 6.45) is 0. The van der Waals surface area contributed by atoms with E-state index in [9.17, 15) is 14.7 Å². The molecule has 1 heterocycles. The average Bonchev–Trinajstić information content (AvgIpc) is 3.10. The van der Waals surface area contributed by atoms with Crippen LogP contribution in [0.5, 0.6) is 0 Å². The molecule has 0 aliphatic carbocycles. The van der Waals surface area contributed by atoms with Crippen molar-refractivity contribution in [1.29, 1.82) is 0 Å². The number of rotatable bonds is 5. The van der Waals surface area contributed by atoms with Crippen molar-refractivity contribution in [3.05, 3.63) is 93.5 Å². The van der Waals surface area contributed by atoms with E-state index in [4.69, 9.17) is 23.2 Å². The zero-order valence-corrected chi connectivity index (χ0v) is 21.3. The van der Waals surface area contributed by atoms with Crippen LogP contribution in [0.25, 0.3) is 5.76 Å². The second kappa shape index (κ2) is 9.64. The molecule has 0 radical (unpaired) electrons. The monoisotopic (exact) mass is 509 g/mol. The van der Waals surface area contributed by atoms with Gasteiger partial charge in [0.05, 0.1) is 21.7 Å². The third kappa shape index (κ3) is 4.59. The molecule has 1 fully saturated rings. The van der Waals surface area contributed by atoms with Crippen LogP contribution in [0.1, 0.15) is 17.2 Å². The van der Waals surface area contributed by atoms with Gasteiger partial charge in [0.15, 0.2) is 0 Å². The number of nitrogens with zero attached hydrogens (tertiary/aromatic N) is 3. The number of anilines is 3. The molecule has 0 bridgehead atoms. The largest absolute Gasteiger partial charge is 0.507 e. The van der Waals surface area contributed by atoms with E-state index < -0.39 is 17.7 Å². The summed E-state index contributed by atoms with van der Waals surface area (Å²) in [7, 11) is 7.70. The number of halogens is 2. The van der Waals surface area contributed by atoms with Crippen molar-refractivity contribution in [3.63, 3.8) is 0 Å². The number of aliphatic hydroxyl groups excluding tert-OH is 1. The first kappa shape index (κ1) is 24.6. The Morgan fingerprint density at radius 3 is 1.86 bits per heavy atom. The lowest BCUT2D eigenvalue weighted by Crippen LogP contribution is -2.29. The van der Waals surface area contributed by atoms with Crippen LogP contribution in [0.3, 0.4) is 0 Å². The van der Waals surface area contributed by atoms with Crippen molar-refractivity contribution in [3.8, 4) is 0 Å². The topological polar surface area (TPSA) is 64.1 Å². The predicted molar refractivity (Wildman–Crippen MR) is 143 cm³/mol. The van der Waals surface area contributed by atoms with Gasteiger partial charge in [-0.2, -0.15) is 0 Å². The smallest absolute Gasteiger partial charge is 0.300 e. The van der Waals surface area contributed by atoms with Crippen LogP contribution in [0.15, 0.2) is 72.3 Å². The Morgan fingerprint density at radius 1 is 0.800 bits per heavy atom. The summed E-state index contributed by atoms with van der Waals surface area (Å²) in [5, 5.41) is 11.8. The van der Waals surface area contributed by atoms with Crippen LogP contribution in [-0.2, 0) is 9.59 Å². The van der Waals surface area contributed by atoms with Crippen molar-refractivity contribution < 1.29 is 14.7 Å². The van der Waals surface area contributed by atoms with Crippen LogP contribution < -0.4 is 14.7 Å². The Labute approximate surface area is 214 Å². The number of hydrogen-bond donors (Lipinski definition) is 1. The summed E-state index contributed by atoms with van der Waals surface area (Å²) in [6, 6.07) is 18.6. The maximum absolute atomic E-state index is 13.3. The normalized spacial score (nSPS) is 17.1. The summed E-state index contributed by atoms with van der Waals surface area (Å²) in [6.45, 7) is 0. The highest BCUT2D eigenvalue weighted by molar-refractivity contribution is 6.51. The fourth-order valence-electron chi connectivity index (χ4n) is 4.08. The molecule has 1 saturated heterocycles. The van der Waals surface area contributed by atoms with Gasteiger partial charge in [0.1, 0.15) is 5.76 Å². The molecule has 1 aliphatic heterocycles. The Hall–Kier alpha value is -3.48. The lowest BCUT2D eigenvalue weighted by molar-refractivity contribution is -0.132. The van der Waals surface area contributed by atoms with Crippen LogP contribution in [0, 0.1) is 0 Å². The zero-order valence-electron chi connectivity index (χ0n) is 19.8. The zero-order chi connectivity index (χ0) is 25.4. The molecule has 1 atom stereocenters. The first-order valence-electron chi connectivity index (χ1n) is 10.9. The van der Waals surface area contributed by atoms with Crippen molar-refractivity contribution >= 4 is 57.7 Å². The minimum absolute atomic E-state index is 0.0114. The standard InChI is InChI=1S/C27H25Cl2N3O3/c1-30(2)18-8-5-16(6-9-18)24-23(25(33)17-7-14-21(28)22(29)15-17)26(34)27(35)32(24)20-12-10-19(11-13-20)31(3)4/h5-15,24,33H,1-4H3/b25-23-. The van der Waals surface area contributed by atoms with Gasteiger partial charge >= 0.3 is 0 Å². The fourth-order valence-corrected chi connectivity index (χ4v) is 4.38. The highest BCUT2D eigenvalue weighted by atomic mass is 35.5. The molecule has 3 aromatic rings. The number of ketones is 1. The molecular formula is C27H25Cl2N3O3. The number of hydrogen-bond acceptors (Lipinski definition) is 5. The minimum atomic E-state index is -0.828. The molecule has 35 heavy (non-hydrogen) atoms.